The monoisotopic (exact) mass is 903 g/mol. The summed E-state index contributed by atoms with van der Waals surface area (Å²) in [6, 6.07) is 16.7. The number of hydrogen-bond donors (Lipinski definition) is 2. The minimum atomic E-state index is -1.17. The maximum Gasteiger partial charge on any atom is 0.410 e. The maximum atomic E-state index is 14.6. The van der Waals surface area contributed by atoms with Gasteiger partial charge in [-0.2, -0.15) is 0 Å². The number of carbonyl (C=O) groups excluding carboxylic acids is 3. The van der Waals surface area contributed by atoms with E-state index in [9.17, 15) is 19.5 Å². The fraction of sp³-hybridized carbons (Fsp3) is 0.653. The average Bonchev–Trinajstić information content (AvgIpc) is 3.42. The van der Waals surface area contributed by atoms with Gasteiger partial charge in [-0.05, 0) is 90.2 Å². The van der Waals surface area contributed by atoms with Crippen molar-refractivity contribution in [3.05, 3.63) is 54.6 Å². The van der Waals surface area contributed by atoms with E-state index in [2.05, 4.69) is 24.3 Å². The minimum Gasteiger partial charge on any atom is -0.458 e. The summed E-state index contributed by atoms with van der Waals surface area (Å²) in [6.45, 7) is 15.7. The highest BCUT2D eigenvalue weighted by Crippen LogP contribution is 2.45. The molecule has 0 radical (unpaired) electrons. The summed E-state index contributed by atoms with van der Waals surface area (Å²) in [7, 11) is 3.84. The molecular formula is C49H69N5O11. The van der Waals surface area contributed by atoms with Crippen molar-refractivity contribution in [2.45, 2.75) is 135 Å². The van der Waals surface area contributed by atoms with E-state index in [1.54, 1.807) is 11.8 Å². The number of nitrogens with zero attached hydrogens (tertiary/aromatic N) is 4. The molecule has 16 nitrogen and oxygen atoms in total. The number of aliphatic imine (C=N–C) groups is 1. The van der Waals surface area contributed by atoms with Gasteiger partial charge in [0.1, 0.15) is 17.9 Å². The first-order chi connectivity index (χ1) is 30.9. The zero-order chi connectivity index (χ0) is 46.8. The first-order valence-electron chi connectivity index (χ1n) is 23.2. The number of oxime groups is 1. The van der Waals surface area contributed by atoms with Crippen LogP contribution >= 0.6 is 0 Å². The molecule has 5 heterocycles. The summed E-state index contributed by atoms with van der Waals surface area (Å²) in [5.41, 5.74) is 1.48. The highest BCUT2D eigenvalue weighted by molar-refractivity contribution is 5.93. The van der Waals surface area contributed by atoms with E-state index < -0.39 is 77.8 Å². The maximum absolute atomic E-state index is 14.6. The number of ether oxygens (including phenoxy) is 6. The number of aliphatic hydroxyl groups excluding tert-OH is 1. The molecule has 0 aromatic heterocycles. The highest BCUT2D eigenvalue weighted by atomic mass is 16.7. The summed E-state index contributed by atoms with van der Waals surface area (Å²) < 4.78 is 39.8. The second kappa shape index (κ2) is 20.2. The minimum absolute atomic E-state index is 0.0797. The Morgan fingerprint density at radius 1 is 1.02 bits per heavy atom. The molecule has 5 aliphatic heterocycles. The van der Waals surface area contributed by atoms with Crippen molar-refractivity contribution in [1.82, 2.24) is 9.80 Å². The van der Waals surface area contributed by atoms with Gasteiger partial charge >= 0.3 is 12.1 Å². The molecule has 0 saturated carbocycles. The lowest BCUT2D eigenvalue weighted by Gasteiger charge is -2.48. The number of fused-ring (bicyclic) bond motifs is 4. The van der Waals surface area contributed by atoms with Crippen LogP contribution in [0.3, 0.4) is 0 Å². The average molecular weight is 904 g/mol. The highest BCUT2D eigenvalue weighted by Gasteiger charge is 2.60. The molecule has 2 aromatic rings. The van der Waals surface area contributed by atoms with Crippen LogP contribution in [0, 0.1) is 23.7 Å². The predicted octanol–water partition coefficient (Wildman–Crippen LogP) is 5.95. The van der Waals surface area contributed by atoms with Crippen molar-refractivity contribution in [3.63, 3.8) is 0 Å². The molecule has 356 valence electrons. The van der Waals surface area contributed by atoms with Gasteiger partial charge in [0.15, 0.2) is 18.5 Å². The van der Waals surface area contributed by atoms with Gasteiger partial charge in [0.05, 0.1) is 55.6 Å². The van der Waals surface area contributed by atoms with Gasteiger partial charge in [-0.1, -0.05) is 75.3 Å². The Bertz CT molecular complexity index is 2070. The number of amides is 2. The second-order valence-electron chi connectivity index (χ2n) is 19.3. The molecule has 0 spiro atoms. The van der Waals surface area contributed by atoms with Crippen LogP contribution in [0.1, 0.15) is 74.7 Å². The first-order valence-corrected chi connectivity index (χ1v) is 23.2. The molecule has 4 saturated heterocycles. The first kappa shape index (κ1) is 48.5. The quantitative estimate of drug-likeness (QED) is 0.224. The number of nitrogens with one attached hydrogen (secondary N) is 1. The zero-order valence-corrected chi connectivity index (χ0v) is 39.6. The van der Waals surface area contributed by atoms with E-state index in [0.717, 1.165) is 16.8 Å². The number of likely N-dealkylation sites (N-methyl/N-ethyl adjacent to an activating group) is 1. The molecule has 16 heteroatoms. The molecule has 2 aromatic carbocycles. The van der Waals surface area contributed by atoms with Gasteiger partial charge in [-0.25, -0.2) is 4.79 Å². The van der Waals surface area contributed by atoms with Crippen LogP contribution in [0.5, 0.6) is 0 Å². The number of anilines is 1. The summed E-state index contributed by atoms with van der Waals surface area (Å²) in [4.78, 5) is 55.9. The van der Waals surface area contributed by atoms with Crippen LogP contribution in [-0.4, -0.2) is 151 Å². The van der Waals surface area contributed by atoms with E-state index in [4.69, 9.17) is 38.3 Å². The van der Waals surface area contributed by atoms with Crippen LogP contribution in [0.4, 0.5) is 10.5 Å². The number of rotatable bonds is 9. The predicted molar refractivity (Wildman–Crippen MR) is 244 cm³/mol. The Morgan fingerprint density at radius 3 is 2.48 bits per heavy atom. The van der Waals surface area contributed by atoms with Crippen LogP contribution < -0.4 is 5.32 Å². The zero-order valence-electron chi connectivity index (χ0n) is 39.6. The second-order valence-corrected chi connectivity index (χ2v) is 19.3. The molecule has 4 bridgehead atoms. The van der Waals surface area contributed by atoms with E-state index in [0.29, 0.717) is 43.8 Å². The van der Waals surface area contributed by atoms with Gasteiger partial charge in [-0.3, -0.25) is 19.5 Å². The molecule has 0 aliphatic carbocycles. The molecule has 2 N–H and O–H groups in total. The largest absolute Gasteiger partial charge is 0.458 e. The summed E-state index contributed by atoms with van der Waals surface area (Å²) in [6.07, 6.45) is -3.83. The lowest BCUT2D eigenvalue weighted by atomic mass is 9.72. The number of hydrogen-bond acceptors (Lipinski definition) is 14. The summed E-state index contributed by atoms with van der Waals surface area (Å²) >= 11 is 0. The normalized spacial score (nSPS) is 37.5. The van der Waals surface area contributed by atoms with E-state index >= 15 is 0 Å². The van der Waals surface area contributed by atoms with Gasteiger partial charge in [-0.15, -0.1) is 0 Å². The Hall–Kier alpha value is -4.45. The lowest BCUT2D eigenvalue weighted by Crippen LogP contribution is -2.60. The van der Waals surface area contributed by atoms with Crippen LogP contribution in [0.25, 0.3) is 11.1 Å². The van der Waals surface area contributed by atoms with Crippen LogP contribution in [-0.2, 0) is 42.8 Å². The van der Waals surface area contributed by atoms with Crippen molar-refractivity contribution in [1.29, 1.82) is 0 Å². The van der Waals surface area contributed by atoms with Gasteiger partial charge in [0, 0.05) is 35.8 Å². The van der Waals surface area contributed by atoms with Gasteiger partial charge in [0.25, 0.3) is 5.91 Å². The Labute approximate surface area is 383 Å². The van der Waals surface area contributed by atoms with Crippen LogP contribution in [0.15, 0.2) is 64.7 Å². The molecule has 2 amide bonds. The number of carbonyl (C=O) groups is 3. The Kier molecular flexibility index (Phi) is 15.1. The van der Waals surface area contributed by atoms with Crippen molar-refractivity contribution < 1.29 is 52.7 Å². The van der Waals surface area contributed by atoms with E-state index in [1.165, 1.54) is 0 Å². The number of benzene rings is 2. The molecule has 4 fully saturated rings. The summed E-state index contributed by atoms with van der Waals surface area (Å²) in [5, 5.41) is 19.1. The third kappa shape index (κ3) is 10.3. The fourth-order valence-corrected chi connectivity index (χ4v) is 11.0. The number of esters is 1. The number of cyclic esters (lactones) is 1. The topological polar surface area (TPSA) is 179 Å². The van der Waals surface area contributed by atoms with E-state index in [1.807, 2.05) is 108 Å². The Morgan fingerprint density at radius 2 is 1.75 bits per heavy atom. The van der Waals surface area contributed by atoms with Crippen molar-refractivity contribution >= 4 is 35.1 Å². The molecule has 7 rings (SSSR count). The smallest absolute Gasteiger partial charge is 0.410 e. The number of aliphatic hydroxyl groups is 1. The fourth-order valence-electron chi connectivity index (χ4n) is 11.0. The molecule has 14 atom stereocenters. The third-order valence-electron chi connectivity index (χ3n) is 14.2. The molecule has 65 heavy (non-hydrogen) atoms. The van der Waals surface area contributed by atoms with Crippen LogP contribution in [0.2, 0.25) is 0 Å². The lowest BCUT2D eigenvalue weighted by molar-refractivity contribution is -0.302. The molecule has 0 unspecified atom stereocenters. The van der Waals surface area contributed by atoms with Crippen molar-refractivity contribution in [2.24, 2.45) is 33.8 Å². The van der Waals surface area contributed by atoms with Crippen molar-refractivity contribution in [3.8, 4) is 11.1 Å². The molecule has 5 aliphatic rings. The van der Waals surface area contributed by atoms with E-state index in [-0.39, 0.29) is 43.8 Å². The standard InChI is InChI=1S/C49H69N5O11/c1-11-38-49(8)43-30(4)40(50-20-21-54(43)47(58)65-49)28(2)24-48(7)44(64-46-41(56)37(53(9)10)22-29(3)62-46)31(5)42(32(6)45(57)63-38)59-25-36(26-60-48)52-61-27-39(55)51-35-19-15-18-34(23-35)33-16-13-12-14-17-33/h12-19,23,28-32,37-38,41-44,46,56H,11,20-22,24-27H2,1-10H3,(H,51,55)/t28-,29+,30+,31-,32-,37-,38+,41+,42+,43-,44+,46-,48-,49-/m1/s1. The third-order valence-corrected chi connectivity index (χ3v) is 14.2. The molecular weight excluding hydrogens is 835 g/mol. The summed E-state index contributed by atoms with van der Waals surface area (Å²) in [5.74, 6) is -2.90. The van der Waals surface area contributed by atoms with Crippen molar-refractivity contribution in [2.75, 3.05) is 52.3 Å². The SMILES string of the molecule is CC[C@@H]1OC(=O)[C@H](C)[C@H]2OCC(=NOCC(=O)Nc3cccc(-c4ccccc4)c3)CO[C@](C)(C[C@@H](C)C3=NCCN4C(=O)O[C@@]1(C)[C@H]4[C@H]3C)[C@@H](O[C@H]1O[C@@H](C)C[C@@H](N(C)C)[C@@H]1O)[C@@H]2C. The van der Waals surface area contributed by atoms with Gasteiger partial charge < -0.3 is 48.6 Å². The Balaban J connectivity index is 1.23. The van der Waals surface area contributed by atoms with Gasteiger partial charge in [0.2, 0.25) is 0 Å².